The fourth-order valence-corrected chi connectivity index (χ4v) is 2.12. The molecule has 0 atom stereocenters. The predicted octanol–water partition coefficient (Wildman–Crippen LogP) is 3.00. The molecule has 110 valence electrons. The molecular weight excluding hydrogens is 262 g/mol. The Morgan fingerprint density at radius 3 is 2.15 bits per heavy atom. The van der Waals surface area contributed by atoms with Crippen molar-refractivity contribution < 1.29 is 9.85 Å². The van der Waals surface area contributed by atoms with Crippen molar-refractivity contribution in [1.29, 1.82) is 0 Å². The number of hydrogen-bond acceptors (Lipinski definition) is 5. The largest absolute Gasteiger partial charge is 0.366 e. The molecule has 7 nitrogen and oxygen atoms in total. The van der Waals surface area contributed by atoms with Crippen molar-refractivity contribution in [1.82, 2.24) is 0 Å². The maximum atomic E-state index is 11.2. The second kappa shape index (κ2) is 7.42. The number of hydrogen-bond donors (Lipinski definition) is 0. The Labute approximate surface area is 117 Å². The summed E-state index contributed by atoms with van der Waals surface area (Å²) in [5, 5.41) is 21.7. The van der Waals surface area contributed by atoms with Crippen LogP contribution in [0.4, 0.5) is 11.4 Å². The standard InChI is InChI=1S/C13H19N3O4/c1-3-7-14(8-4-2)12-6-5-11(10-15(17)18)9-13(12)16(19)20/h5-6,9H,3-4,7-8,10H2,1-2H3. The molecule has 0 aliphatic heterocycles. The summed E-state index contributed by atoms with van der Waals surface area (Å²) in [7, 11) is 0. The van der Waals surface area contributed by atoms with E-state index in [2.05, 4.69) is 0 Å². The second-order valence-electron chi connectivity index (χ2n) is 4.56. The van der Waals surface area contributed by atoms with E-state index in [4.69, 9.17) is 0 Å². The zero-order chi connectivity index (χ0) is 15.1. The summed E-state index contributed by atoms with van der Waals surface area (Å²) in [6, 6.07) is 4.50. The number of nitro benzene ring substituents is 1. The van der Waals surface area contributed by atoms with Crippen molar-refractivity contribution >= 4 is 11.4 Å². The van der Waals surface area contributed by atoms with Gasteiger partial charge in [-0.3, -0.25) is 20.2 Å². The fourth-order valence-electron chi connectivity index (χ4n) is 2.12. The van der Waals surface area contributed by atoms with E-state index in [9.17, 15) is 20.2 Å². The van der Waals surface area contributed by atoms with Crippen molar-refractivity contribution in [2.24, 2.45) is 0 Å². The van der Waals surface area contributed by atoms with Crippen LogP contribution in [0.15, 0.2) is 18.2 Å². The van der Waals surface area contributed by atoms with E-state index in [0.29, 0.717) is 11.3 Å². The summed E-state index contributed by atoms with van der Waals surface area (Å²) in [6.45, 7) is 5.07. The maximum absolute atomic E-state index is 11.2. The Hall–Kier alpha value is -2.18. The molecule has 20 heavy (non-hydrogen) atoms. The maximum Gasteiger partial charge on any atom is 0.293 e. The predicted molar refractivity (Wildman–Crippen MR) is 76.6 cm³/mol. The molecule has 0 saturated carbocycles. The first-order valence-electron chi connectivity index (χ1n) is 6.63. The molecule has 0 N–H and O–H groups in total. The smallest absolute Gasteiger partial charge is 0.293 e. The molecule has 1 rings (SSSR count). The van der Waals surface area contributed by atoms with E-state index in [1.54, 1.807) is 12.1 Å². The lowest BCUT2D eigenvalue weighted by molar-refractivity contribution is -0.496. The van der Waals surface area contributed by atoms with Crippen molar-refractivity contribution in [2.75, 3.05) is 18.0 Å². The second-order valence-corrected chi connectivity index (χ2v) is 4.56. The fraction of sp³-hybridized carbons (Fsp3) is 0.538. The Morgan fingerprint density at radius 1 is 1.10 bits per heavy atom. The number of nitrogens with zero attached hydrogens (tertiary/aromatic N) is 3. The molecule has 0 spiro atoms. The normalized spacial score (nSPS) is 10.3. The third-order valence-electron chi connectivity index (χ3n) is 2.88. The molecule has 0 aromatic heterocycles. The van der Waals surface area contributed by atoms with Gasteiger partial charge in [-0.05, 0) is 25.0 Å². The third-order valence-corrected chi connectivity index (χ3v) is 2.88. The van der Waals surface area contributed by atoms with Gasteiger partial charge in [0.2, 0.25) is 6.54 Å². The topological polar surface area (TPSA) is 89.5 Å². The van der Waals surface area contributed by atoms with Crippen LogP contribution in [0.1, 0.15) is 32.3 Å². The number of benzene rings is 1. The quantitative estimate of drug-likeness (QED) is 0.539. The molecule has 0 aliphatic carbocycles. The van der Waals surface area contributed by atoms with E-state index in [0.717, 1.165) is 25.9 Å². The molecule has 0 aliphatic rings. The van der Waals surface area contributed by atoms with Gasteiger partial charge in [0, 0.05) is 29.6 Å². The molecule has 7 heteroatoms. The highest BCUT2D eigenvalue weighted by atomic mass is 16.6. The van der Waals surface area contributed by atoms with Crippen molar-refractivity contribution in [3.63, 3.8) is 0 Å². The van der Waals surface area contributed by atoms with Crippen LogP contribution >= 0.6 is 0 Å². The van der Waals surface area contributed by atoms with Crippen LogP contribution in [0, 0.1) is 20.2 Å². The van der Waals surface area contributed by atoms with Gasteiger partial charge in [-0.2, -0.15) is 0 Å². The van der Waals surface area contributed by atoms with Crippen LogP contribution in [-0.2, 0) is 6.54 Å². The van der Waals surface area contributed by atoms with E-state index >= 15 is 0 Å². The first kappa shape index (κ1) is 15.9. The molecular formula is C13H19N3O4. The Morgan fingerprint density at radius 2 is 1.70 bits per heavy atom. The van der Waals surface area contributed by atoms with Gasteiger partial charge in [-0.15, -0.1) is 0 Å². The van der Waals surface area contributed by atoms with E-state index in [-0.39, 0.29) is 5.69 Å². The first-order chi connectivity index (χ1) is 9.49. The Kier molecular flexibility index (Phi) is 5.89. The van der Waals surface area contributed by atoms with Gasteiger partial charge < -0.3 is 4.90 Å². The molecule has 0 unspecified atom stereocenters. The lowest BCUT2D eigenvalue weighted by Gasteiger charge is -2.23. The third kappa shape index (κ3) is 4.18. The average molecular weight is 281 g/mol. The molecule has 0 bridgehead atoms. The molecule has 0 fully saturated rings. The zero-order valence-electron chi connectivity index (χ0n) is 11.7. The minimum atomic E-state index is -0.491. The lowest BCUT2D eigenvalue weighted by Crippen LogP contribution is -2.25. The summed E-state index contributed by atoms with van der Waals surface area (Å²) >= 11 is 0. The van der Waals surface area contributed by atoms with Crippen LogP contribution in [0.2, 0.25) is 0 Å². The monoisotopic (exact) mass is 281 g/mol. The zero-order valence-corrected chi connectivity index (χ0v) is 11.7. The Bertz CT molecular complexity index is 485. The number of rotatable bonds is 8. The minimum absolute atomic E-state index is 0.0637. The molecule has 1 aromatic rings. The van der Waals surface area contributed by atoms with Crippen molar-refractivity contribution in [3.8, 4) is 0 Å². The highest BCUT2D eigenvalue weighted by Gasteiger charge is 2.20. The van der Waals surface area contributed by atoms with E-state index in [1.807, 2.05) is 18.7 Å². The van der Waals surface area contributed by atoms with Crippen molar-refractivity contribution in [2.45, 2.75) is 33.2 Å². The van der Waals surface area contributed by atoms with Gasteiger partial charge in [0.25, 0.3) is 5.69 Å². The van der Waals surface area contributed by atoms with Gasteiger partial charge in [-0.1, -0.05) is 13.8 Å². The summed E-state index contributed by atoms with van der Waals surface area (Å²) < 4.78 is 0. The Balaban J connectivity index is 3.16. The summed E-state index contributed by atoms with van der Waals surface area (Å²) in [4.78, 5) is 22.7. The molecule has 1 aromatic carbocycles. The molecule has 0 heterocycles. The van der Waals surface area contributed by atoms with E-state index < -0.39 is 16.4 Å². The van der Waals surface area contributed by atoms with Crippen LogP contribution in [-0.4, -0.2) is 22.9 Å². The van der Waals surface area contributed by atoms with Gasteiger partial charge in [0.15, 0.2) is 0 Å². The van der Waals surface area contributed by atoms with Gasteiger partial charge in [0.05, 0.1) is 4.92 Å². The van der Waals surface area contributed by atoms with Gasteiger partial charge in [0.1, 0.15) is 5.69 Å². The number of anilines is 1. The van der Waals surface area contributed by atoms with Crippen LogP contribution < -0.4 is 4.90 Å². The number of nitro groups is 2. The molecule has 0 radical (unpaired) electrons. The summed E-state index contributed by atoms with van der Waals surface area (Å²) in [5.74, 6) is 0. The first-order valence-corrected chi connectivity index (χ1v) is 6.63. The molecule has 0 amide bonds. The van der Waals surface area contributed by atoms with Crippen LogP contribution in [0.3, 0.4) is 0 Å². The van der Waals surface area contributed by atoms with Gasteiger partial charge >= 0.3 is 0 Å². The SMILES string of the molecule is CCCN(CCC)c1ccc(C[N+](=O)[O-])cc1[N+](=O)[O-]. The molecule has 0 saturated heterocycles. The minimum Gasteiger partial charge on any atom is -0.366 e. The van der Waals surface area contributed by atoms with Crippen LogP contribution in [0.5, 0.6) is 0 Å². The average Bonchev–Trinajstić information content (AvgIpc) is 2.37. The highest BCUT2D eigenvalue weighted by molar-refractivity contribution is 5.64. The highest BCUT2D eigenvalue weighted by Crippen LogP contribution is 2.29. The van der Waals surface area contributed by atoms with Gasteiger partial charge in [-0.25, -0.2) is 0 Å². The van der Waals surface area contributed by atoms with E-state index in [1.165, 1.54) is 6.07 Å². The lowest BCUT2D eigenvalue weighted by atomic mass is 10.1. The summed E-state index contributed by atoms with van der Waals surface area (Å²) in [5.41, 5.74) is 0.815. The summed E-state index contributed by atoms with van der Waals surface area (Å²) in [6.07, 6.45) is 1.77. The van der Waals surface area contributed by atoms with Crippen LogP contribution in [0.25, 0.3) is 0 Å². The van der Waals surface area contributed by atoms with Crippen molar-refractivity contribution in [3.05, 3.63) is 44.0 Å².